The second-order valence-corrected chi connectivity index (χ2v) is 8.12. The largest absolute Gasteiger partial charge is 0.379 e. The average Bonchev–Trinajstić information content (AvgIpc) is 3.22. The molecule has 28 heavy (non-hydrogen) atoms. The van der Waals surface area contributed by atoms with Crippen LogP contribution in [0.3, 0.4) is 0 Å². The van der Waals surface area contributed by atoms with Gasteiger partial charge in [0.1, 0.15) is 0 Å². The van der Waals surface area contributed by atoms with Gasteiger partial charge in [-0.25, -0.2) is 0 Å². The first kappa shape index (κ1) is 21.1. The van der Waals surface area contributed by atoms with E-state index in [9.17, 15) is 0 Å². The minimum absolute atomic E-state index is 0.447. The van der Waals surface area contributed by atoms with E-state index in [0.29, 0.717) is 12.1 Å². The Hall–Kier alpha value is -1.63. The van der Waals surface area contributed by atoms with E-state index in [2.05, 4.69) is 63.5 Å². The number of ether oxygens (including phenoxy) is 1. The van der Waals surface area contributed by atoms with Gasteiger partial charge in [0.15, 0.2) is 5.96 Å². The molecule has 2 N–H and O–H groups in total. The molecule has 2 atom stereocenters. The van der Waals surface area contributed by atoms with Gasteiger partial charge in [-0.15, -0.1) is 0 Å². The molecule has 6 heteroatoms. The van der Waals surface area contributed by atoms with E-state index in [1.807, 2.05) is 7.05 Å². The molecule has 2 saturated heterocycles. The molecule has 0 spiro atoms. The van der Waals surface area contributed by atoms with E-state index in [0.717, 1.165) is 45.4 Å². The summed E-state index contributed by atoms with van der Waals surface area (Å²) in [5.74, 6) is 0.855. The van der Waals surface area contributed by atoms with Gasteiger partial charge in [0.25, 0.3) is 0 Å². The molecule has 1 aromatic rings. The van der Waals surface area contributed by atoms with Crippen molar-refractivity contribution < 1.29 is 4.74 Å². The van der Waals surface area contributed by atoms with E-state index in [1.165, 1.54) is 37.1 Å². The van der Waals surface area contributed by atoms with Crippen molar-refractivity contribution in [2.45, 2.75) is 51.9 Å². The van der Waals surface area contributed by atoms with Gasteiger partial charge in [0.05, 0.1) is 13.2 Å². The van der Waals surface area contributed by atoms with E-state index < -0.39 is 0 Å². The Morgan fingerprint density at radius 3 is 2.54 bits per heavy atom. The zero-order chi connectivity index (χ0) is 19.8. The molecule has 2 fully saturated rings. The predicted octanol–water partition coefficient (Wildman–Crippen LogP) is 2.06. The molecule has 2 unspecified atom stereocenters. The topological polar surface area (TPSA) is 52.1 Å². The molecule has 0 aromatic heterocycles. The van der Waals surface area contributed by atoms with Crippen molar-refractivity contribution >= 4 is 5.96 Å². The fourth-order valence-electron chi connectivity index (χ4n) is 4.12. The maximum atomic E-state index is 5.54. The standard InChI is InChI=1S/C22H37N5O/c1-18(27-12-13-28-17-19(27)2)14-24-22(23-3)25-15-20-6-8-21(9-7-20)16-26-10-4-5-11-26/h6-9,18-19H,4-5,10-17H2,1-3H3,(H2,23,24,25). The Kier molecular flexibility index (Phi) is 8.13. The third-order valence-corrected chi connectivity index (χ3v) is 5.86. The minimum atomic E-state index is 0.447. The van der Waals surface area contributed by atoms with Crippen LogP contribution in [0.2, 0.25) is 0 Å². The van der Waals surface area contributed by atoms with Crippen LogP contribution in [0.15, 0.2) is 29.3 Å². The molecule has 2 heterocycles. The zero-order valence-electron chi connectivity index (χ0n) is 17.8. The normalized spacial score (nSPS) is 23.0. The third kappa shape index (κ3) is 6.19. The second-order valence-electron chi connectivity index (χ2n) is 8.12. The summed E-state index contributed by atoms with van der Waals surface area (Å²) in [4.78, 5) is 9.41. The quantitative estimate of drug-likeness (QED) is 0.554. The van der Waals surface area contributed by atoms with Gasteiger partial charge in [-0.1, -0.05) is 24.3 Å². The molecule has 3 rings (SSSR count). The van der Waals surface area contributed by atoms with Crippen LogP contribution in [-0.2, 0) is 17.8 Å². The van der Waals surface area contributed by atoms with Gasteiger partial charge in [0.2, 0.25) is 0 Å². The lowest BCUT2D eigenvalue weighted by Crippen LogP contribution is -2.52. The number of likely N-dealkylation sites (tertiary alicyclic amines) is 1. The van der Waals surface area contributed by atoms with Crippen molar-refractivity contribution in [1.29, 1.82) is 0 Å². The predicted molar refractivity (Wildman–Crippen MR) is 116 cm³/mol. The lowest BCUT2D eigenvalue weighted by Gasteiger charge is -2.38. The molecule has 2 aliphatic heterocycles. The van der Waals surface area contributed by atoms with Crippen molar-refractivity contribution in [3.8, 4) is 0 Å². The Labute approximate surface area is 170 Å². The van der Waals surface area contributed by atoms with E-state index in [1.54, 1.807) is 0 Å². The SMILES string of the molecule is CN=C(NCc1ccc(CN2CCCC2)cc1)NCC(C)N1CCOCC1C. The summed E-state index contributed by atoms with van der Waals surface area (Å²) < 4.78 is 5.54. The first-order valence-electron chi connectivity index (χ1n) is 10.7. The number of morpholine rings is 1. The first-order valence-corrected chi connectivity index (χ1v) is 10.7. The van der Waals surface area contributed by atoms with Gasteiger partial charge in [-0.3, -0.25) is 14.8 Å². The Morgan fingerprint density at radius 1 is 1.14 bits per heavy atom. The molecule has 0 bridgehead atoms. The van der Waals surface area contributed by atoms with E-state index in [-0.39, 0.29) is 0 Å². The average molecular weight is 388 g/mol. The van der Waals surface area contributed by atoms with E-state index in [4.69, 9.17) is 4.74 Å². The molecule has 0 saturated carbocycles. The summed E-state index contributed by atoms with van der Waals surface area (Å²) in [6.45, 7) is 12.4. The van der Waals surface area contributed by atoms with Crippen LogP contribution in [0.5, 0.6) is 0 Å². The number of guanidine groups is 1. The molecular formula is C22H37N5O. The fourth-order valence-corrected chi connectivity index (χ4v) is 4.12. The lowest BCUT2D eigenvalue weighted by molar-refractivity contribution is -0.0174. The summed E-state index contributed by atoms with van der Waals surface area (Å²) in [7, 11) is 1.83. The highest BCUT2D eigenvalue weighted by molar-refractivity contribution is 5.79. The molecule has 156 valence electrons. The van der Waals surface area contributed by atoms with Crippen molar-refractivity contribution in [3.63, 3.8) is 0 Å². The molecule has 0 radical (unpaired) electrons. The first-order chi connectivity index (χ1) is 13.7. The molecule has 0 aliphatic carbocycles. The Bertz CT molecular complexity index is 612. The minimum Gasteiger partial charge on any atom is -0.379 e. The Balaban J connectivity index is 1.40. The number of nitrogens with zero attached hydrogens (tertiary/aromatic N) is 3. The van der Waals surface area contributed by atoms with Crippen LogP contribution in [0, 0.1) is 0 Å². The number of hydrogen-bond donors (Lipinski definition) is 2. The van der Waals surface area contributed by atoms with Crippen molar-refractivity contribution in [3.05, 3.63) is 35.4 Å². The van der Waals surface area contributed by atoms with Gasteiger partial charge in [-0.05, 0) is 50.9 Å². The molecule has 0 amide bonds. The highest BCUT2D eigenvalue weighted by Crippen LogP contribution is 2.13. The second kappa shape index (κ2) is 10.8. The number of benzene rings is 1. The summed E-state index contributed by atoms with van der Waals surface area (Å²) in [5, 5.41) is 6.90. The number of aliphatic imine (C=N–C) groups is 1. The maximum absolute atomic E-state index is 5.54. The molecule has 2 aliphatic rings. The van der Waals surface area contributed by atoms with Crippen LogP contribution >= 0.6 is 0 Å². The van der Waals surface area contributed by atoms with Crippen LogP contribution in [0.4, 0.5) is 0 Å². The monoisotopic (exact) mass is 387 g/mol. The number of nitrogens with one attached hydrogen (secondary N) is 2. The van der Waals surface area contributed by atoms with Crippen LogP contribution < -0.4 is 10.6 Å². The molecular weight excluding hydrogens is 350 g/mol. The lowest BCUT2D eigenvalue weighted by atomic mass is 10.1. The Morgan fingerprint density at radius 2 is 1.86 bits per heavy atom. The highest BCUT2D eigenvalue weighted by Gasteiger charge is 2.23. The van der Waals surface area contributed by atoms with Gasteiger partial charge in [0, 0.05) is 45.3 Å². The van der Waals surface area contributed by atoms with E-state index >= 15 is 0 Å². The highest BCUT2D eigenvalue weighted by atomic mass is 16.5. The smallest absolute Gasteiger partial charge is 0.191 e. The van der Waals surface area contributed by atoms with Crippen molar-refractivity contribution in [2.24, 2.45) is 4.99 Å². The van der Waals surface area contributed by atoms with Crippen LogP contribution in [-0.4, -0.2) is 74.3 Å². The van der Waals surface area contributed by atoms with Crippen molar-refractivity contribution in [2.75, 3.05) is 46.4 Å². The van der Waals surface area contributed by atoms with Crippen molar-refractivity contribution in [1.82, 2.24) is 20.4 Å². The number of rotatable bonds is 7. The number of hydrogen-bond acceptors (Lipinski definition) is 4. The summed E-state index contributed by atoms with van der Waals surface area (Å²) >= 11 is 0. The van der Waals surface area contributed by atoms with Gasteiger partial charge >= 0.3 is 0 Å². The summed E-state index contributed by atoms with van der Waals surface area (Å²) in [5.41, 5.74) is 2.68. The fraction of sp³-hybridized carbons (Fsp3) is 0.682. The summed E-state index contributed by atoms with van der Waals surface area (Å²) in [6, 6.07) is 9.88. The molecule has 1 aromatic carbocycles. The zero-order valence-corrected chi connectivity index (χ0v) is 17.8. The molecule has 6 nitrogen and oxygen atoms in total. The van der Waals surface area contributed by atoms with Crippen LogP contribution in [0.1, 0.15) is 37.8 Å². The third-order valence-electron chi connectivity index (χ3n) is 5.86. The van der Waals surface area contributed by atoms with Gasteiger partial charge < -0.3 is 15.4 Å². The van der Waals surface area contributed by atoms with Gasteiger partial charge in [-0.2, -0.15) is 0 Å². The van der Waals surface area contributed by atoms with Crippen LogP contribution in [0.25, 0.3) is 0 Å². The summed E-state index contributed by atoms with van der Waals surface area (Å²) in [6.07, 6.45) is 2.69. The maximum Gasteiger partial charge on any atom is 0.191 e.